The molecule has 21 heavy (non-hydrogen) atoms. The van der Waals surface area contributed by atoms with E-state index < -0.39 is 0 Å². The summed E-state index contributed by atoms with van der Waals surface area (Å²) in [5.74, 6) is 0.198. The van der Waals surface area contributed by atoms with Crippen molar-refractivity contribution in [1.82, 2.24) is 9.78 Å². The molecule has 0 fully saturated rings. The van der Waals surface area contributed by atoms with Crippen LogP contribution in [0.5, 0.6) is 0 Å². The molecule has 1 N–H and O–H groups in total. The molecule has 2 rings (SSSR count). The molecular formula is C16H20Br2N2O. The first-order valence-corrected chi connectivity index (χ1v) is 8.70. The zero-order valence-corrected chi connectivity index (χ0v) is 15.5. The molecule has 0 saturated heterocycles. The fraction of sp³-hybridized carbons (Fsp3) is 0.438. The van der Waals surface area contributed by atoms with E-state index in [1.807, 2.05) is 23.7 Å². The number of hydrogen-bond acceptors (Lipinski definition) is 2. The SMILES string of the molecule is CCn1nc(C)c(Br)c1CC(CO)Cc1ccc(Br)cc1. The number of aliphatic hydroxyl groups excluding tert-OH is 1. The van der Waals surface area contributed by atoms with Crippen LogP contribution in [0.4, 0.5) is 0 Å². The molecule has 114 valence electrons. The highest BCUT2D eigenvalue weighted by atomic mass is 79.9. The molecule has 2 aromatic rings. The van der Waals surface area contributed by atoms with Crippen molar-refractivity contribution in [3.63, 3.8) is 0 Å². The van der Waals surface area contributed by atoms with Gasteiger partial charge in [-0.2, -0.15) is 5.10 Å². The average molecular weight is 416 g/mol. The number of benzene rings is 1. The molecule has 0 bridgehead atoms. The predicted molar refractivity (Wildman–Crippen MR) is 92.5 cm³/mol. The molecule has 3 nitrogen and oxygen atoms in total. The second kappa shape index (κ2) is 7.56. The Kier molecular flexibility index (Phi) is 6.02. The summed E-state index contributed by atoms with van der Waals surface area (Å²) in [6.45, 7) is 5.11. The molecule has 0 aliphatic carbocycles. The van der Waals surface area contributed by atoms with Crippen molar-refractivity contribution in [3.05, 3.63) is 50.2 Å². The molecule has 0 radical (unpaired) electrons. The summed E-state index contributed by atoms with van der Waals surface area (Å²) >= 11 is 7.07. The maximum atomic E-state index is 9.71. The minimum atomic E-state index is 0.177. The lowest BCUT2D eigenvalue weighted by Gasteiger charge is -2.15. The summed E-state index contributed by atoms with van der Waals surface area (Å²) in [7, 11) is 0. The van der Waals surface area contributed by atoms with Gasteiger partial charge in [0.25, 0.3) is 0 Å². The Bertz CT molecular complexity index is 593. The molecule has 0 amide bonds. The Balaban J connectivity index is 2.14. The summed E-state index contributed by atoms with van der Waals surface area (Å²) in [5, 5.41) is 14.2. The second-order valence-electron chi connectivity index (χ2n) is 5.25. The molecule has 0 aliphatic heterocycles. The first-order chi connectivity index (χ1) is 10.0. The lowest BCUT2D eigenvalue weighted by Crippen LogP contribution is -2.16. The van der Waals surface area contributed by atoms with E-state index in [4.69, 9.17) is 0 Å². The number of aliphatic hydroxyl groups is 1. The van der Waals surface area contributed by atoms with Crippen molar-refractivity contribution in [2.45, 2.75) is 33.2 Å². The van der Waals surface area contributed by atoms with Gasteiger partial charge in [-0.1, -0.05) is 28.1 Å². The fourth-order valence-electron chi connectivity index (χ4n) is 2.49. The second-order valence-corrected chi connectivity index (χ2v) is 6.95. The normalized spacial score (nSPS) is 12.6. The van der Waals surface area contributed by atoms with Gasteiger partial charge in [-0.3, -0.25) is 4.68 Å². The number of halogens is 2. The van der Waals surface area contributed by atoms with E-state index >= 15 is 0 Å². The first-order valence-electron chi connectivity index (χ1n) is 7.12. The highest BCUT2D eigenvalue weighted by Gasteiger charge is 2.17. The van der Waals surface area contributed by atoms with E-state index in [0.717, 1.165) is 34.0 Å². The molecule has 0 saturated carbocycles. The fourth-order valence-corrected chi connectivity index (χ4v) is 3.20. The third-order valence-electron chi connectivity index (χ3n) is 3.63. The summed E-state index contributed by atoms with van der Waals surface area (Å²) in [6, 6.07) is 8.29. The van der Waals surface area contributed by atoms with Crippen LogP contribution in [0.1, 0.15) is 23.9 Å². The third-order valence-corrected chi connectivity index (χ3v) is 5.19. The molecule has 1 atom stereocenters. The standard InChI is InChI=1S/C16H20Br2N2O/c1-3-20-15(16(18)11(2)19-20)9-13(10-21)8-12-4-6-14(17)7-5-12/h4-7,13,21H,3,8-10H2,1-2H3. The maximum Gasteiger partial charge on any atom is 0.0738 e. The summed E-state index contributed by atoms with van der Waals surface area (Å²) in [6.07, 6.45) is 1.69. The van der Waals surface area contributed by atoms with Crippen LogP contribution in [-0.2, 0) is 19.4 Å². The smallest absolute Gasteiger partial charge is 0.0738 e. The molecular weight excluding hydrogens is 396 g/mol. The van der Waals surface area contributed by atoms with Crippen molar-refractivity contribution in [2.24, 2.45) is 5.92 Å². The summed E-state index contributed by atoms with van der Waals surface area (Å²) < 4.78 is 4.16. The van der Waals surface area contributed by atoms with E-state index in [0.29, 0.717) is 0 Å². The summed E-state index contributed by atoms with van der Waals surface area (Å²) in [5.41, 5.74) is 3.42. The van der Waals surface area contributed by atoms with Crippen LogP contribution < -0.4 is 0 Å². The van der Waals surface area contributed by atoms with Crippen LogP contribution in [0.25, 0.3) is 0 Å². The van der Waals surface area contributed by atoms with Crippen LogP contribution in [0.3, 0.4) is 0 Å². The van der Waals surface area contributed by atoms with Gasteiger partial charge in [-0.15, -0.1) is 0 Å². The van der Waals surface area contributed by atoms with Gasteiger partial charge >= 0.3 is 0 Å². The Morgan fingerprint density at radius 2 is 1.86 bits per heavy atom. The van der Waals surface area contributed by atoms with Crippen molar-refractivity contribution in [3.8, 4) is 0 Å². The van der Waals surface area contributed by atoms with Crippen LogP contribution in [0, 0.1) is 12.8 Å². The van der Waals surface area contributed by atoms with Gasteiger partial charge in [-0.25, -0.2) is 0 Å². The van der Waals surface area contributed by atoms with Crippen LogP contribution >= 0.6 is 31.9 Å². The third kappa shape index (κ3) is 4.18. The highest BCUT2D eigenvalue weighted by Crippen LogP contribution is 2.25. The minimum absolute atomic E-state index is 0.177. The molecule has 1 heterocycles. The van der Waals surface area contributed by atoms with E-state index in [-0.39, 0.29) is 12.5 Å². The number of aryl methyl sites for hydroxylation is 2. The molecule has 0 aliphatic rings. The Labute approximate surface area is 142 Å². The van der Waals surface area contributed by atoms with Gasteiger partial charge < -0.3 is 5.11 Å². The van der Waals surface area contributed by atoms with Gasteiger partial charge in [-0.05, 0) is 66.2 Å². The van der Waals surface area contributed by atoms with Crippen molar-refractivity contribution < 1.29 is 5.11 Å². The maximum absolute atomic E-state index is 9.71. The topological polar surface area (TPSA) is 38.0 Å². The van der Waals surface area contributed by atoms with Crippen molar-refractivity contribution >= 4 is 31.9 Å². The van der Waals surface area contributed by atoms with E-state index in [2.05, 4.69) is 56.0 Å². The lowest BCUT2D eigenvalue weighted by atomic mass is 9.95. The monoisotopic (exact) mass is 414 g/mol. The van der Waals surface area contributed by atoms with Crippen LogP contribution in [-0.4, -0.2) is 21.5 Å². The summed E-state index contributed by atoms with van der Waals surface area (Å²) in [4.78, 5) is 0. The number of rotatable bonds is 6. The van der Waals surface area contributed by atoms with Gasteiger partial charge in [0.05, 0.1) is 15.9 Å². The van der Waals surface area contributed by atoms with Crippen LogP contribution in [0.15, 0.2) is 33.2 Å². The molecule has 1 unspecified atom stereocenters. The van der Waals surface area contributed by atoms with Crippen LogP contribution in [0.2, 0.25) is 0 Å². The minimum Gasteiger partial charge on any atom is -0.396 e. The predicted octanol–water partition coefficient (Wildman–Crippen LogP) is 4.13. The van der Waals surface area contributed by atoms with E-state index in [1.54, 1.807) is 0 Å². The van der Waals surface area contributed by atoms with Gasteiger partial charge in [0.1, 0.15) is 0 Å². The zero-order chi connectivity index (χ0) is 15.4. The number of nitrogens with zero attached hydrogens (tertiary/aromatic N) is 2. The van der Waals surface area contributed by atoms with Gasteiger partial charge in [0, 0.05) is 17.6 Å². The number of aromatic nitrogens is 2. The molecule has 0 spiro atoms. The quantitative estimate of drug-likeness (QED) is 0.770. The Morgan fingerprint density at radius 3 is 2.43 bits per heavy atom. The van der Waals surface area contributed by atoms with E-state index in [9.17, 15) is 5.11 Å². The van der Waals surface area contributed by atoms with Gasteiger partial charge in [0.15, 0.2) is 0 Å². The largest absolute Gasteiger partial charge is 0.396 e. The number of hydrogen-bond donors (Lipinski definition) is 1. The van der Waals surface area contributed by atoms with Gasteiger partial charge in [0.2, 0.25) is 0 Å². The van der Waals surface area contributed by atoms with E-state index in [1.165, 1.54) is 11.3 Å². The van der Waals surface area contributed by atoms with Crippen molar-refractivity contribution in [1.29, 1.82) is 0 Å². The zero-order valence-electron chi connectivity index (χ0n) is 12.3. The highest BCUT2D eigenvalue weighted by molar-refractivity contribution is 9.10. The molecule has 1 aromatic carbocycles. The lowest BCUT2D eigenvalue weighted by molar-refractivity contribution is 0.222. The first kappa shape index (κ1) is 16.7. The molecule has 5 heteroatoms. The van der Waals surface area contributed by atoms with Crippen molar-refractivity contribution in [2.75, 3.05) is 6.61 Å². The Morgan fingerprint density at radius 1 is 1.19 bits per heavy atom. The molecule has 1 aromatic heterocycles. The Hall–Kier alpha value is -0.650. The average Bonchev–Trinajstić information content (AvgIpc) is 2.76.